The summed E-state index contributed by atoms with van der Waals surface area (Å²) in [6.45, 7) is 4.68. The molecular weight excluding hydrogens is 546 g/mol. The maximum absolute atomic E-state index is 7.05. The number of rotatable bonds is 6. The molecule has 1 aliphatic rings. The SMILES string of the molecule is Cc1cc(P(c2ccccc2)c2ccccc2)c2c(c1P(c1ccccc1)c1ccccc1)C(C)c1ccccc1O2. The van der Waals surface area contributed by atoms with Crippen LogP contribution in [-0.2, 0) is 0 Å². The summed E-state index contributed by atoms with van der Waals surface area (Å²) < 4.78 is 7.05. The third kappa shape index (κ3) is 4.88. The van der Waals surface area contributed by atoms with Crippen LogP contribution in [0.25, 0.3) is 0 Å². The molecule has 3 heteroatoms. The van der Waals surface area contributed by atoms with Crippen LogP contribution in [0.2, 0.25) is 0 Å². The van der Waals surface area contributed by atoms with Crippen LogP contribution in [0.15, 0.2) is 152 Å². The fourth-order valence-electron chi connectivity index (χ4n) is 6.11. The van der Waals surface area contributed by atoms with Gasteiger partial charge in [0.05, 0.1) is 0 Å². The molecule has 0 amide bonds. The molecule has 0 saturated carbocycles. The van der Waals surface area contributed by atoms with E-state index in [9.17, 15) is 0 Å². The number of benzene rings is 6. The van der Waals surface area contributed by atoms with Crippen molar-refractivity contribution in [1.29, 1.82) is 0 Å². The number of aryl methyl sites for hydroxylation is 1. The Hall–Kier alpha value is -4.02. The van der Waals surface area contributed by atoms with E-state index in [1.807, 2.05) is 0 Å². The molecule has 0 fully saturated rings. The van der Waals surface area contributed by atoms with Gasteiger partial charge in [-0.15, -0.1) is 0 Å². The van der Waals surface area contributed by atoms with Crippen LogP contribution in [0.5, 0.6) is 11.5 Å². The van der Waals surface area contributed by atoms with Gasteiger partial charge in [0.25, 0.3) is 0 Å². The standard InChI is InChI=1S/C39H32OP2/c1-28-27-36(41(30-17-7-3-8-18-30)31-19-9-4-10-20-31)38-37(29(2)34-25-15-16-26-35(34)40-38)39(28)42(32-21-11-5-12-22-32)33-23-13-6-14-24-33/h3-27,29H,1-2H3. The Morgan fingerprint density at radius 1 is 0.524 bits per heavy atom. The molecule has 1 atom stereocenters. The summed E-state index contributed by atoms with van der Waals surface area (Å²) in [5.74, 6) is 2.20. The fraction of sp³-hybridized carbons (Fsp3) is 0.0769. The molecule has 7 rings (SSSR count). The van der Waals surface area contributed by atoms with Crippen LogP contribution >= 0.6 is 15.8 Å². The maximum atomic E-state index is 7.05. The van der Waals surface area contributed by atoms with Crippen LogP contribution < -0.4 is 36.6 Å². The highest BCUT2D eigenvalue weighted by Gasteiger charge is 2.35. The molecule has 0 N–H and O–H groups in total. The van der Waals surface area contributed by atoms with Gasteiger partial charge in [0.2, 0.25) is 0 Å². The third-order valence-electron chi connectivity index (χ3n) is 8.01. The van der Waals surface area contributed by atoms with E-state index in [1.54, 1.807) is 0 Å². The second-order valence-electron chi connectivity index (χ2n) is 10.7. The van der Waals surface area contributed by atoms with E-state index in [-0.39, 0.29) is 5.92 Å². The predicted octanol–water partition coefficient (Wildman–Crippen LogP) is 7.77. The van der Waals surface area contributed by atoms with Crippen LogP contribution in [0, 0.1) is 6.92 Å². The minimum Gasteiger partial charge on any atom is -0.456 e. The molecule has 1 aliphatic heterocycles. The van der Waals surface area contributed by atoms with Crippen molar-refractivity contribution < 1.29 is 4.74 Å². The van der Waals surface area contributed by atoms with Crippen molar-refractivity contribution in [2.45, 2.75) is 19.8 Å². The van der Waals surface area contributed by atoms with Gasteiger partial charge >= 0.3 is 0 Å². The molecule has 204 valence electrons. The van der Waals surface area contributed by atoms with Crippen LogP contribution in [-0.4, -0.2) is 0 Å². The Balaban J connectivity index is 1.55. The van der Waals surface area contributed by atoms with E-state index >= 15 is 0 Å². The van der Waals surface area contributed by atoms with Gasteiger partial charge in [-0.25, -0.2) is 0 Å². The van der Waals surface area contributed by atoms with Crippen molar-refractivity contribution in [3.05, 3.63) is 168 Å². The molecule has 1 nitrogen and oxygen atoms in total. The summed E-state index contributed by atoms with van der Waals surface area (Å²) in [6.07, 6.45) is 0. The highest BCUT2D eigenvalue weighted by atomic mass is 31.1. The van der Waals surface area contributed by atoms with Gasteiger partial charge in [-0.05, 0) is 67.0 Å². The minimum atomic E-state index is -0.843. The van der Waals surface area contributed by atoms with E-state index in [0.717, 1.165) is 11.5 Å². The first-order valence-corrected chi connectivity index (χ1v) is 17.1. The highest BCUT2D eigenvalue weighted by molar-refractivity contribution is 7.80. The Morgan fingerprint density at radius 3 is 1.45 bits per heavy atom. The van der Waals surface area contributed by atoms with Crippen LogP contribution in [0.4, 0.5) is 0 Å². The largest absolute Gasteiger partial charge is 0.456 e. The smallest absolute Gasteiger partial charge is 0.140 e. The lowest BCUT2D eigenvalue weighted by molar-refractivity contribution is 0.454. The molecule has 0 bridgehead atoms. The lowest BCUT2D eigenvalue weighted by atomic mass is 9.88. The summed E-state index contributed by atoms with van der Waals surface area (Å²) in [5.41, 5.74) is 3.92. The molecule has 0 saturated heterocycles. The highest BCUT2D eigenvalue weighted by Crippen LogP contribution is 2.50. The Bertz CT molecular complexity index is 1740. The molecule has 0 spiro atoms. The van der Waals surface area contributed by atoms with Crippen molar-refractivity contribution in [3.63, 3.8) is 0 Å². The van der Waals surface area contributed by atoms with E-state index in [0.29, 0.717) is 0 Å². The summed E-state index contributed by atoms with van der Waals surface area (Å²) in [7, 11) is -1.65. The van der Waals surface area contributed by atoms with Crippen molar-refractivity contribution in [2.75, 3.05) is 0 Å². The predicted molar refractivity (Wildman–Crippen MR) is 183 cm³/mol. The molecule has 6 aromatic rings. The van der Waals surface area contributed by atoms with Gasteiger partial charge in [0.1, 0.15) is 11.5 Å². The molecule has 6 aromatic carbocycles. The van der Waals surface area contributed by atoms with E-state index in [4.69, 9.17) is 4.74 Å². The van der Waals surface area contributed by atoms with E-state index < -0.39 is 15.8 Å². The van der Waals surface area contributed by atoms with Gasteiger partial charge in [-0.1, -0.05) is 146 Å². The molecule has 0 aliphatic carbocycles. The van der Waals surface area contributed by atoms with Crippen LogP contribution in [0.1, 0.15) is 29.5 Å². The zero-order valence-corrected chi connectivity index (χ0v) is 25.6. The number of para-hydroxylation sites is 1. The summed E-state index contributed by atoms with van der Waals surface area (Å²) in [5, 5.41) is 8.08. The quantitative estimate of drug-likeness (QED) is 0.184. The van der Waals surface area contributed by atoms with Gasteiger partial charge in [0.15, 0.2) is 0 Å². The molecule has 42 heavy (non-hydrogen) atoms. The molecule has 1 heterocycles. The molecule has 1 unspecified atom stereocenters. The summed E-state index contributed by atoms with van der Waals surface area (Å²) >= 11 is 0. The lowest BCUT2D eigenvalue weighted by Gasteiger charge is -2.35. The number of hydrogen-bond acceptors (Lipinski definition) is 1. The Labute approximate surface area is 251 Å². The topological polar surface area (TPSA) is 9.23 Å². The van der Waals surface area contributed by atoms with Crippen molar-refractivity contribution >= 4 is 47.7 Å². The van der Waals surface area contributed by atoms with Crippen molar-refractivity contribution in [3.8, 4) is 11.5 Å². The first kappa shape index (κ1) is 26.9. The number of ether oxygens (including phenoxy) is 1. The van der Waals surface area contributed by atoms with Gasteiger partial charge in [0, 0.05) is 22.3 Å². The van der Waals surface area contributed by atoms with Gasteiger partial charge < -0.3 is 4.74 Å². The molecular formula is C39H32OP2. The third-order valence-corrected chi connectivity index (χ3v) is 13.1. The van der Waals surface area contributed by atoms with Gasteiger partial charge in [-0.3, -0.25) is 0 Å². The average molecular weight is 579 g/mol. The Morgan fingerprint density at radius 2 is 0.952 bits per heavy atom. The Kier molecular flexibility index (Phi) is 7.48. The van der Waals surface area contributed by atoms with Crippen LogP contribution in [0.3, 0.4) is 0 Å². The first-order chi connectivity index (χ1) is 20.7. The normalized spacial score (nSPS) is 13.9. The summed E-state index contributed by atoms with van der Waals surface area (Å²) in [4.78, 5) is 0. The zero-order valence-electron chi connectivity index (χ0n) is 23.8. The second-order valence-corrected chi connectivity index (χ2v) is 15.0. The van der Waals surface area contributed by atoms with E-state index in [2.05, 4.69) is 166 Å². The first-order valence-electron chi connectivity index (χ1n) is 14.5. The van der Waals surface area contributed by atoms with Crippen molar-refractivity contribution in [2.24, 2.45) is 0 Å². The van der Waals surface area contributed by atoms with Crippen molar-refractivity contribution in [1.82, 2.24) is 0 Å². The van der Waals surface area contributed by atoms with Gasteiger partial charge in [-0.2, -0.15) is 0 Å². The molecule has 0 aromatic heterocycles. The maximum Gasteiger partial charge on any atom is 0.140 e. The lowest BCUT2D eigenvalue weighted by Crippen LogP contribution is -2.32. The number of hydrogen-bond donors (Lipinski definition) is 0. The molecule has 0 radical (unpaired) electrons. The minimum absolute atomic E-state index is 0.194. The zero-order chi connectivity index (χ0) is 28.5. The fourth-order valence-corrected chi connectivity index (χ4v) is 11.3. The van der Waals surface area contributed by atoms with E-state index in [1.165, 1.54) is 48.5 Å². The average Bonchev–Trinajstić information content (AvgIpc) is 3.05. The second kappa shape index (κ2) is 11.7. The monoisotopic (exact) mass is 578 g/mol. The number of fused-ring (bicyclic) bond motifs is 2. The summed E-state index contributed by atoms with van der Waals surface area (Å²) in [6, 6.07) is 55.0.